The number of benzene rings is 1. The molecule has 1 saturated heterocycles. The number of nitrogens with two attached hydrogens (primary N) is 1. The summed E-state index contributed by atoms with van der Waals surface area (Å²) in [6.45, 7) is 1.69. The fourth-order valence-electron chi connectivity index (χ4n) is 3.34. The Morgan fingerprint density at radius 2 is 2.14 bits per heavy atom. The number of hydrogen-bond acceptors (Lipinski definition) is 6. The van der Waals surface area contributed by atoms with Crippen LogP contribution in [-0.4, -0.2) is 45.0 Å². The lowest BCUT2D eigenvalue weighted by Gasteiger charge is -2.49. The number of aliphatic carboxylic acids is 1. The summed E-state index contributed by atoms with van der Waals surface area (Å²) in [6, 6.07) is 5.54. The summed E-state index contributed by atoms with van der Waals surface area (Å²) in [5.74, 6) is -1.55. The second-order valence-corrected chi connectivity index (χ2v) is 9.30. The molecule has 3 heterocycles. The summed E-state index contributed by atoms with van der Waals surface area (Å²) in [5.41, 5.74) is 6.75. The van der Waals surface area contributed by atoms with E-state index in [0.29, 0.717) is 21.2 Å². The third kappa shape index (κ3) is 3.08. The van der Waals surface area contributed by atoms with Gasteiger partial charge in [-0.1, -0.05) is 11.6 Å². The van der Waals surface area contributed by atoms with E-state index in [9.17, 15) is 19.5 Å². The van der Waals surface area contributed by atoms with E-state index in [4.69, 9.17) is 17.3 Å². The van der Waals surface area contributed by atoms with Gasteiger partial charge in [0.1, 0.15) is 23.2 Å². The summed E-state index contributed by atoms with van der Waals surface area (Å²) >= 11 is 8.81. The van der Waals surface area contributed by atoms with E-state index in [1.54, 1.807) is 19.1 Å². The van der Waals surface area contributed by atoms with E-state index in [2.05, 4.69) is 5.32 Å². The number of carboxylic acids is 1. The zero-order chi connectivity index (χ0) is 20.2. The van der Waals surface area contributed by atoms with Crippen LogP contribution in [0.5, 0.6) is 0 Å². The number of rotatable bonds is 4. The van der Waals surface area contributed by atoms with Crippen LogP contribution in [0, 0.1) is 0 Å². The average Bonchev–Trinajstić information content (AvgIpc) is 3.07. The Bertz CT molecular complexity index is 1050. The molecule has 4 N–H and O–H groups in total. The van der Waals surface area contributed by atoms with Crippen molar-refractivity contribution in [2.24, 2.45) is 5.73 Å². The first kappa shape index (κ1) is 19.3. The Morgan fingerprint density at radius 3 is 2.86 bits per heavy atom. The highest BCUT2D eigenvalue weighted by Crippen LogP contribution is 2.40. The molecule has 2 unspecified atom stereocenters. The SMILES string of the molecule is CC1=C(C(=O)O)N2C(=O)C(NC(=O)[C@@H](N)c3cc4cc(Cl)ccc4s3)C2SC1. The van der Waals surface area contributed by atoms with Gasteiger partial charge in [-0.15, -0.1) is 23.1 Å². The number of halogens is 1. The number of carboxylic acid groups (broad SMARTS) is 1. The molecule has 0 saturated carbocycles. The zero-order valence-electron chi connectivity index (χ0n) is 14.6. The van der Waals surface area contributed by atoms with Gasteiger partial charge in [0, 0.05) is 20.4 Å². The molecule has 4 rings (SSSR count). The van der Waals surface area contributed by atoms with Crippen LogP contribution in [0.25, 0.3) is 10.1 Å². The lowest BCUT2D eigenvalue weighted by atomic mass is 10.0. The highest BCUT2D eigenvalue weighted by molar-refractivity contribution is 8.00. The number of nitrogens with zero attached hydrogens (tertiary/aromatic N) is 1. The van der Waals surface area contributed by atoms with Crippen LogP contribution in [-0.2, 0) is 14.4 Å². The fourth-order valence-corrected chi connectivity index (χ4v) is 5.85. The predicted molar refractivity (Wildman–Crippen MR) is 109 cm³/mol. The Hall–Kier alpha value is -2.07. The molecule has 0 radical (unpaired) electrons. The van der Waals surface area contributed by atoms with Crippen LogP contribution in [0.2, 0.25) is 5.02 Å². The number of fused-ring (bicyclic) bond motifs is 2. The Kier molecular flexibility index (Phi) is 4.86. The quantitative estimate of drug-likeness (QED) is 0.632. The first-order chi connectivity index (χ1) is 13.3. The van der Waals surface area contributed by atoms with E-state index >= 15 is 0 Å². The first-order valence-electron chi connectivity index (χ1n) is 8.40. The molecule has 1 fully saturated rings. The van der Waals surface area contributed by atoms with Crippen LogP contribution in [0.1, 0.15) is 17.8 Å². The van der Waals surface area contributed by atoms with Crippen molar-refractivity contribution in [2.75, 3.05) is 5.75 Å². The summed E-state index contributed by atoms with van der Waals surface area (Å²) in [6.07, 6.45) is 0. The van der Waals surface area contributed by atoms with Gasteiger partial charge in [-0.3, -0.25) is 14.5 Å². The number of amides is 2. The molecule has 28 heavy (non-hydrogen) atoms. The topological polar surface area (TPSA) is 113 Å². The molecule has 3 atom stereocenters. The molecule has 7 nitrogen and oxygen atoms in total. The molecule has 2 aliphatic heterocycles. The summed E-state index contributed by atoms with van der Waals surface area (Å²) in [5, 5.41) is 13.1. The molecular formula is C18H16ClN3O4S2. The minimum absolute atomic E-state index is 0.00457. The van der Waals surface area contributed by atoms with Gasteiger partial charge in [0.25, 0.3) is 5.91 Å². The van der Waals surface area contributed by atoms with Gasteiger partial charge in [-0.25, -0.2) is 4.79 Å². The van der Waals surface area contributed by atoms with Crippen LogP contribution in [0.4, 0.5) is 0 Å². The van der Waals surface area contributed by atoms with E-state index in [1.807, 2.05) is 12.1 Å². The number of carbonyl (C=O) groups excluding carboxylic acids is 2. The molecule has 0 aliphatic carbocycles. The van der Waals surface area contributed by atoms with Gasteiger partial charge in [-0.05, 0) is 42.1 Å². The number of nitrogens with one attached hydrogen (secondary N) is 1. The maximum atomic E-state index is 12.6. The third-order valence-corrected chi connectivity index (χ3v) is 7.60. The van der Waals surface area contributed by atoms with Crippen molar-refractivity contribution in [2.45, 2.75) is 24.4 Å². The lowest BCUT2D eigenvalue weighted by molar-refractivity contribution is -0.150. The first-order valence-corrected chi connectivity index (χ1v) is 10.6. The normalized spacial score (nSPS) is 22.7. The molecular weight excluding hydrogens is 422 g/mol. The molecule has 2 amide bonds. The second-order valence-electron chi connectivity index (χ2n) is 6.64. The van der Waals surface area contributed by atoms with Crippen molar-refractivity contribution in [1.82, 2.24) is 10.2 Å². The van der Waals surface area contributed by atoms with Crippen LogP contribution < -0.4 is 11.1 Å². The number of thiophene rings is 1. The molecule has 0 bridgehead atoms. The van der Waals surface area contributed by atoms with Crippen molar-refractivity contribution in [1.29, 1.82) is 0 Å². The van der Waals surface area contributed by atoms with E-state index in [0.717, 1.165) is 10.1 Å². The monoisotopic (exact) mass is 437 g/mol. The summed E-state index contributed by atoms with van der Waals surface area (Å²) in [7, 11) is 0. The highest BCUT2D eigenvalue weighted by atomic mass is 35.5. The number of hydrogen-bond donors (Lipinski definition) is 3. The van der Waals surface area contributed by atoms with Crippen LogP contribution in [0.15, 0.2) is 35.5 Å². The van der Waals surface area contributed by atoms with Crippen molar-refractivity contribution in [3.8, 4) is 0 Å². The number of thioether (sulfide) groups is 1. The smallest absolute Gasteiger partial charge is 0.352 e. The van der Waals surface area contributed by atoms with Gasteiger partial charge in [0.2, 0.25) is 5.91 Å². The van der Waals surface area contributed by atoms with Crippen LogP contribution >= 0.6 is 34.7 Å². The molecule has 10 heteroatoms. The lowest BCUT2D eigenvalue weighted by Crippen LogP contribution is -2.71. The van der Waals surface area contributed by atoms with Crippen molar-refractivity contribution < 1.29 is 19.5 Å². The van der Waals surface area contributed by atoms with Crippen LogP contribution in [0.3, 0.4) is 0 Å². The van der Waals surface area contributed by atoms with Gasteiger partial charge in [0.05, 0.1) is 0 Å². The fraction of sp³-hybridized carbons (Fsp3) is 0.278. The maximum absolute atomic E-state index is 12.6. The average molecular weight is 438 g/mol. The molecule has 2 aromatic rings. The minimum Gasteiger partial charge on any atom is -0.477 e. The van der Waals surface area contributed by atoms with E-state index < -0.39 is 35.2 Å². The Balaban J connectivity index is 1.49. The number of carbonyl (C=O) groups is 3. The van der Waals surface area contributed by atoms with Crippen molar-refractivity contribution in [3.63, 3.8) is 0 Å². The number of β-lactam (4-membered cyclic amide) rings is 1. The van der Waals surface area contributed by atoms with Gasteiger partial charge in [0.15, 0.2) is 0 Å². The molecule has 2 aliphatic rings. The second kappa shape index (κ2) is 7.07. The third-order valence-electron chi connectivity index (χ3n) is 4.75. The predicted octanol–water partition coefficient (Wildman–Crippen LogP) is 2.31. The largest absolute Gasteiger partial charge is 0.477 e. The van der Waals surface area contributed by atoms with Gasteiger partial charge < -0.3 is 16.2 Å². The van der Waals surface area contributed by atoms with E-state index in [-0.39, 0.29) is 5.70 Å². The molecule has 1 aromatic heterocycles. The van der Waals surface area contributed by atoms with Crippen molar-refractivity contribution in [3.05, 3.63) is 45.4 Å². The van der Waals surface area contributed by atoms with Crippen molar-refractivity contribution >= 4 is 62.6 Å². The zero-order valence-corrected chi connectivity index (χ0v) is 17.0. The Labute approximate surface area is 173 Å². The summed E-state index contributed by atoms with van der Waals surface area (Å²) < 4.78 is 0.961. The minimum atomic E-state index is -1.14. The molecule has 1 aromatic carbocycles. The standard InChI is InChI=1S/C18H16ClN3O4S2/c1-7-6-27-17-13(16(24)22(17)14(7)18(25)26)21-15(23)12(20)11-5-8-4-9(19)2-3-10(8)28-11/h2-5,12-13,17H,6,20H2,1H3,(H,21,23)(H,25,26)/t12-,13?,17?/m0/s1. The maximum Gasteiger partial charge on any atom is 0.352 e. The summed E-state index contributed by atoms with van der Waals surface area (Å²) in [4.78, 5) is 38.5. The van der Waals surface area contributed by atoms with Gasteiger partial charge >= 0.3 is 5.97 Å². The highest BCUT2D eigenvalue weighted by Gasteiger charge is 2.53. The molecule has 146 valence electrons. The van der Waals surface area contributed by atoms with E-state index in [1.165, 1.54) is 28.0 Å². The Morgan fingerprint density at radius 1 is 1.39 bits per heavy atom. The molecule has 0 spiro atoms. The van der Waals surface area contributed by atoms with Gasteiger partial charge in [-0.2, -0.15) is 0 Å².